The van der Waals surface area contributed by atoms with Crippen LogP contribution in [0.2, 0.25) is 0 Å². The number of rotatable bonds is 5. The lowest BCUT2D eigenvalue weighted by molar-refractivity contribution is -0.137. The van der Waals surface area contributed by atoms with Crippen LogP contribution >= 0.6 is 0 Å². The molecular weight excluding hydrogens is 416 g/mol. The first-order valence-corrected chi connectivity index (χ1v) is 10.8. The Morgan fingerprint density at radius 1 is 0.879 bits per heavy atom. The van der Waals surface area contributed by atoms with E-state index in [1.54, 1.807) is 11.0 Å². The number of carbonyl (C=O) groups is 2. The molecule has 2 aliphatic heterocycles. The fourth-order valence-electron chi connectivity index (χ4n) is 4.36. The average molecular weight is 440 g/mol. The summed E-state index contributed by atoms with van der Waals surface area (Å²) in [6.07, 6.45) is 0. The van der Waals surface area contributed by atoms with E-state index in [1.165, 1.54) is 4.90 Å². The highest BCUT2D eigenvalue weighted by molar-refractivity contribution is 6.36. The highest BCUT2D eigenvalue weighted by Gasteiger charge is 2.41. The van der Waals surface area contributed by atoms with Gasteiger partial charge < -0.3 is 14.4 Å². The molecule has 0 bridgehead atoms. The first-order valence-electron chi connectivity index (χ1n) is 10.8. The molecule has 0 atom stereocenters. The number of benzene rings is 3. The lowest BCUT2D eigenvalue weighted by Crippen LogP contribution is -2.33. The second kappa shape index (κ2) is 8.13. The Kier molecular flexibility index (Phi) is 5.13. The van der Waals surface area contributed by atoms with Crippen LogP contribution in [0.25, 0.3) is 5.57 Å². The minimum Gasteiger partial charge on any atom is -0.454 e. The van der Waals surface area contributed by atoms with Crippen LogP contribution in [0.5, 0.6) is 11.5 Å². The normalized spacial score (nSPS) is 14.9. The Morgan fingerprint density at radius 2 is 1.64 bits per heavy atom. The predicted molar refractivity (Wildman–Crippen MR) is 126 cm³/mol. The quantitative estimate of drug-likeness (QED) is 0.549. The third-order valence-corrected chi connectivity index (χ3v) is 6.05. The van der Waals surface area contributed by atoms with Gasteiger partial charge in [-0.05, 0) is 54.8 Å². The molecule has 6 nitrogen and oxygen atoms in total. The van der Waals surface area contributed by atoms with E-state index in [-0.39, 0.29) is 25.2 Å². The van der Waals surface area contributed by atoms with E-state index < -0.39 is 0 Å². The van der Waals surface area contributed by atoms with Crippen molar-refractivity contribution in [3.05, 3.63) is 94.7 Å². The molecular formula is C27H24N2O4. The number of ether oxygens (including phenoxy) is 2. The van der Waals surface area contributed by atoms with Crippen LogP contribution < -0.4 is 14.4 Å². The fourth-order valence-corrected chi connectivity index (χ4v) is 4.36. The molecule has 3 aromatic rings. The van der Waals surface area contributed by atoms with Crippen LogP contribution in [-0.2, 0) is 16.1 Å². The highest BCUT2D eigenvalue weighted by Crippen LogP contribution is 2.37. The molecule has 5 rings (SSSR count). The van der Waals surface area contributed by atoms with Gasteiger partial charge in [-0.25, -0.2) is 0 Å². The Hall–Kier alpha value is -4.06. The number of aryl methyl sites for hydroxylation is 2. The largest absolute Gasteiger partial charge is 0.454 e. The minimum atomic E-state index is -0.320. The summed E-state index contributed by atoms with van der Waals surface area (Å²) in [5.74, 6) is 0.661. The number of likely N-dealkylation sites (N-methyl/N-ethyl adjacent to an activating group) is 1. The van der Waals surface area contributed by atoms with E-state index in [0.717, 1.165) is 27.9 Å². The fraction of sp³-hybridized carbons (Fsp3) is 0.185. The number of fused-ring (bicyclic) bond motifs is 1. The van der Waals surface area contributed by atoms with Crippen molar-refractivity contribution < 1.29 is 19.1 Å². The zero-order valence-corrected chi connectivity index (χ0v) is 18.8. The van der Waals surface area contributed by atoms with Gasteiger partial charge in [0.15, 0.2) is 11.5 Å². The molecule has 0 unspecified atom stereocenters. The zero-order chi connectivity index (χ0) is 23.1. The van der Waals surface area contributed by atoms with E-state index in [2.05, 4.69) is 0 Å². The highest BCUT2D eigenvalue weighted by atomic mass is 16.7. The number of hydrogen-bond donors (Lipinski definition) is 0. The summed E-state index contributed by atoms with van der Waals surface area (Å²) < 4.78 is 10.8. The summed E-state index contributed by atoms with van der Waals surface area (Å²) in [5, 5.41) is 0. The van der Waals surface area contributed by atoms with Crippen molar-refractivity contribution in [2.75, 3.05) is 18.7 Å². The van der Waals surface area contributed by atoms with Crippen LogP contribution in [0, 0.1) is 13.8 Å². The van der Waals surface area contributed by atoms with Gasteiger partial charge in [0.25, 0.3) is 11.8 Å². The molecule has 3 aromatic carbocycles. The molecule has 0 aliphatic carbocycles. The van der Waals surface area contributed by atoms with Crippen molar-refractivity contribution in [2.45, 2.75) is 20.4 Å². The van der Waals surface area contributed by atoms with Gasteiger partial charge in [0.2, 0.25) is 6.79 Å². The maximum absolute atomic E-state index is 13.7. The molecule has 0 spiro atoms. The SMILES string of the molecule is Cc1ccc(C2=C(N(C)c3ccccc3)C(=O)N(Cc3ccc4c(c3)OCO4)C2=O)c(C)c1. The van der Waals surface area contributed by atoms with Crippen molar-refractivity contribution in [1.29, 1.82) is 0 Å². The Labute approximate surface area is 192 Å². The minimum absolute atomic E-state index is 0.148. The van der Waals surface area contributed by atoms with Crippen LogP contribution in [0.3, 0.4) is 0 Å². The maximum atomic E-state index is 13.7. The van der Waals surface area contributed by atoms with Gasteiger partial charge in [0.05, 0.1) is 12.1 Å². The second-order valence-corrected chi connectivity index (χ2v) is 8.32. The summed E-state index contributed by atoms with van der Waals surface area (Å²) in [4.78, 5) is 30.5. The van der Waals surface area contributed by atoms with Crippen molar-refractivity contribution in [3.63, 3.8) is 0 Å². The van der Waals surface area contributed by atoms with Gasteiger partial charge in [-0.1, -0.05) is 48.0 Å². The van der Waals surface area contributed by atoms with Crippen molar-refractivity contribution in [2.24, 2.45) is 0 Å². The van der Waals surface area contributed by atoms with E-state index in [1.807, 2.05) is 81.6 Å². The number of nitrogens with zero attached hydrogens (tertiary/aromatic N) is 2. The van der Waals surface area contributed by atoms with Gasteiger partial charge in [0.1, 0.15) is 5.70 Å². The van der Waals surface area contributed by atoms with Crippen LogP contribution in [0.1, 0.15) is 22.3 Å². The summed E-state index contributed by atoms with van der Waals surface area (Å²) in [6, 6.07) is 21.0. The van der Waals surface area contributed by atoms with Crippen LogP contribution in [0.4, 0.5) is 5.69 Å². The first kappa shape index (κ1) is 20.8. The first-order chi connectivity index (χ1) is 15.9. The molecule has 0 fully saturated rings. The topological polar surface area (TPSA) is 59.1 Å². The number of carbonyl (C=O) groups excluding carboxylic acids is 2. The predicted octanol–water partition coefficient (Wildman–Crippen LogP) is 4.45. The molecule has 0 radical (unpaired) electrons. The Bertz CT molecular complexity index is 1300. The molecule has 2 aliphatic rings. The third kappa shape index (κ3) is 3.63. The van der Waals surface area contributed by atoms with Crippen molar-refractivity contribution in [1.82, 2.24) is 4.90 Å². The summed E-state index contributed by atoms with van der Waals surface area (Å²) in [5.41, 5.74) is 5.25. The van der Waals surface area contributed by atoms with Crippen LogP contribution in [-0.4, -0.2) is 30.6 Å². The molecule has 0 saturated heterocycles. The number of para-hydroxylation sites is 1. The van der Waals surface area contributed by atoms with Gasteiger partial charge in [-0.3, -0.25) is 14.5 Å². The molecule has 0 aromatic heterocycles. The average Bonchev–Trinajstić information content (AvgIpc) is 3.37. The van der Waals surface area contributed by atoms with Gasteiger partial charge >= 0.3 is 0 Å². The summed E-state index contributed by atoms with van der Waals surface area (Å²) in [6.45, 7) is 4.29. The molecule has 166 valence electrons. The molecule has 6 heteroatoms. The monoisotopic (exact) mass is 440 g/mol. The number of amides is 2. The van der Waals surface area contributed by atoms with Crippen molar-refractivity contribution in [3.8, 4) is 11.5 Å². The summed E-state index contributed by atoms with van der Waals surface area (Å²) >= 11 is 0. The standard InChI is InChI=1S/C27H24N2O4/c1-17-9-11-21(18(2)13-17)24-25(28(3)20-7-5-4-6-8-20)27(31)29(26(24)30)15-19-10-12-22-23(14-19)33-16-32-22/h4-14H,15-16H2,1-3H3. The number of hydrogen-bond acceptors (Lipinski definition) is 5. The van der Waals surface area contributed by atoms with E-state index in [4.69, 9.17) is 9.47 Å². The number of anilines is 1. The van der Waals surface area contributed by atoms with Gasteiger partial charge in [0, 0.05) is 12.7 Å². The molecule has 0 saturated carbocycles. The zero-order valence-electron chi connectivity index (χ0n) is 18.8. The summed E-state index contributed by atoms with van der Waals surface area (Å²) in [7, 11) is 1.82. The number of imide groups is 1. The molecule has 2 amide bonds. The molecule has 0 N–H and O–H groups in total. The van der Waals surface area contributed by atoms with E-state index in [0.29, 0.717) is 22.8 Å². The van der Waals surface area contributed by atoms with E-state index >= 15 is 0 Å². The van der Waals surface area contributed by atoms with Gasteiger partial charge in [-0.15, -0.1) is 0 Å². The Balaban J connectivity index is 1.57. The lowest BCUT2D eigenvalue weighted by Gasteiger charge is -2.22. The smallest absolute Gasteiger partial charge is 0.278 e. The molecule has 33 heavy (non-hydrogen) atoms. The molecule has 2 heterocycles. The second-order valence-electron chi connectivity index (χ2n) is 8.32. The van der Waals surface area contributed by atoms with E-state index in [9.17, 15) is 9.59 Å². The Morgan fingerprint density at radius 3 is 2.39 bits per heavy atom. The van der Waals surface area contributed by atoms with Crippen molar-refractivity contribution >= 4 is 23.1 Å². The maximum Gasteiger partial charge on any atom is 0.278 e. The third-order valence-electron chi connectivity index (χ3n) is 6.05. The van der Waals surface area contributed by atoms with Crippen LogP contribution in [0.15, 0.2) is 72.4 Å². The van der Waals surface area contributed by atoms with Gasteiger partial charge in [-0.2, -0.15) is 0 Å². The lowest BCUT2D eigenvalue weighted by atomic mass is 9.97.